The van der Waals surface area contributed by atoms with Crippen LogP contribution in [0.15, 0.2) is 126 Å². The molecule has 1 aliphatic heterocycles. The summed E-state index contributed by atoms with van der Waals surface area (Å²) < 4.78 is 11.4. The second-order valence-electron chi connectivity index (χ2n) is 11.1. The molecule has 0 radical (unpaired) electrons. The number of amides is 2. The van der Waals surface area contributed by atoms with Gasteiger partial charge in [0, 0.05) is 6.54 Å². The van der Waals surface area contributed by atoms with Crippen LogP contribution in [0.25, 0.3) is 6.08 Å². The Morgan fingerprint density at radius 1 is 0.750 bits per heavy atom. The van der Waals surface area contributed by atoms with Crippen molar-refractivity contribution in [3.63, 3.8) is 0 Å². The highest BCUT2D eigenvalue weighted by atomic mass is 16.6. The monoisotopic (exact) mass is 587 g/mol. The molecule has 4 aromatic rings. The topological polar surface area (TPSA) is 71.4 Å². The molecule has 1 unspecified atom stereocenters. The van der Waals surface area contributed by atoms with Gasteiger partial charge in [-0.2, -0.15) is 0 Å². The average molecular weight is 588 g/mol. The summed E-state index contributed by atoms with van der Waals surface area (Å²) in [5, 5.41) is 0. The predicted molar refractivity (Wildman–Crippen MR) is 172 cm³/mol. The van der Waals surface area contributed by atoms with E-state index in [1.165, 1.54) is 4.90 Å². The van der Waals surface area contributed by atoms with E-state index >= 15 is 0 Å². The lowest BCUT2D eigenvalue weighted by atomic mass is 9.98. The van der Waals surface area contributed by atoms with E-state index in [0.717, 1.165) is 27.8 Å². The zero-order valence-corrected chi connectivity index (χ0v) is 25.3. The van der Waals surface area contributed by atoms with Gasteiger partial charge in [-0.25, -0.2) is 14.5 Å². The maximum atomic E-state index is 14.0. The summed E-state index contributed by atoms with van der Waals surface area (Å²) >= 11 is 0. The van der Waals surface area contributed by atoms with Crippen molar-refractivity contribution in [1.29, 1.82) is 0 Å². The van der Waals surface area contributed by atoms with E-state index in [2.05, 4.69) is 18.8 Å². The molecule has 224 valence electrons. The van der Waals surface area contributed by atoms with Gasteiger partial charge in [0.05, 0.1) is 11.7 Å². The van der Waals surface area contributed by atoms with Gasteiger partial charge in [0.2, 0.25) is 5.96 Å². The zero-order valence-electron chi connectivity index (χ0n) is 25.3. The van der Waals surface area contributed by atoms with E-state index < -0.39 is 12.2 Å². The van der Waals surface area contributed by atoms with Crippen molar-refractivity contribution >= 4 is 24.2 Å². The van der Waals surface area contributed by atoms with Gasteiger partial charge in [-0.15, -0.1) is 4.99 Å². The van der Waals surface area contributed by atoms with Crippen LogP contribution >= 0.6 is 0 Å². The highest BCUT2D eigenvalue weighted by molar-refractivity contribution is 6.04. The van der Waals surface area contributed by atoms with Gasteiger partial charge in [0.1, 0.15) is 13.2 Å². The van der Waals surface area contributed by atoms with Gasteiger partial charge >= 0.3 is 12.2 Å². The lowest BCUT2D eigenvalue weighted by molar-refractivity contribution is 0.123. The molecule has 7 heteroatoms. The van der Waals surface area contributed by atoms with Crippen molar-refractivity contribution in [2.45, 2.75) is 46.6 Å². The summed E-state index contributed by atoms with van der Waals surface area (Å²) in [6.07, 6.45) is 0.564. The van der Waals surface area contributed by atoms with Crippen LogP contribution in [0.3, 0.4) is 0 Å². The minimum atomic E-state index is -0.790. The molecule has 1 saturated heterocycles. The van der Waals surface area contributed by atoms with Crippen molar-refractivity contribution in [3.05, 3.63) is 149 Å². The van der Waals surface area contributed by atoms with Crippen LogP contribution in [0.1, 0.15) is 41.7 Å². The average Bonchev–Trinajstić information content (AvgIpc) is 3.33. The second kappa shape index (κ2) is 14.3. The molecule has 0 aromatic heterocycles. The van der Waals surface area contributed by atoms with E-state index in [1.54, 1.807) is 0 Å². The fourth-order valence-electron chi connectivity index (χ4n) is 5.21. The van der Waals surface area contributed by atoms with Crippen LogP contribution in [-0.2, 0) is 29.2 Å². The smallest absolute Gasteiger partial charge is 0.437 e. The molecule has 7 nitrogen and oxygen atoms in total. The third kappa shape index (κ3) is 7.61. The number of carbonyl (C=O) groups is 2. The van der Waals surface area contributed by atoms with Crippen LogP contribution in [0.4, 0.5) is 9.59 Å². The fourth-order valence-corrected chi connectivity index (χ4v) is 5.21. The van der Waals surface area contributed by atoms with E-state index in [1.807, 2.05) is 133 Å². The third-order valence-corrected chi connectivity index (χ3v) is 7.36. The summed E-state index contributed by atoms with van der Waals surface area (Å²) in [4.78, 5) is 35.1. The van der Waals surface area contributed by atoms with Crippen LogP contribution in [0, 0.1) is 12.8 Å². The quantitative estimate of drug-likeness (QED) is 0.208. The number of hydrogen-bond donors (Lipinski definition) is 0. The molecule has 5 rings (SSSR count). The minimum absolute atomic E-state index is 0.0490. The molecule has 1 atom stereocenters. The summed E-state index contributed by atoms with van der Waals surface area (Å²) in [5.41, 5.74) is 5.43. The maximum absolute atomic E-state index is 14.0. The van der Waals surface area contributed by atoms with E-state index in [9.17, 15) is 9.59 Å². The first-order valence-electron chi connectivity index (χ1n) is 14.8. The Hall–Kier alpha value is -5.17. The number of rotatable bonds is 8. The Balaban J connectivity index is 1.58. The van der Waals surface area contributed by atoms with Crippen LogP contribution in [0.2, 0.25) is 0 Å². The van der Waals surface area contributed by atoms with Crippen LogP contribution in [-0.4, -0.2) is 34.0 Å². The number of guanidine groups is 1. The van der Waals surface area contributed by atoms with Crippen molar-refractivity contribution in [1.82, 2.24) is 9.80 Å². The van der Waals surface area contributed by atoms with E-state index in [4.69, 9.17) is 9.47 Å². The number of benzene rings is 4. The Labute approximate surface area is 259 Å². The van der Waals surface area contributed by atoms with Gasteiger partial charge < -0.3 is 14.4 Å². The molecule has 1 heterocycles. The highest BCUT2D eigenvalue weighted by Gasteiger charge is 2.46. The molecule has 1 fully saturated rings. The summed E-state index contributed by atoms with van der Waals surface area (Å²) in [5.74, 6) is 0.218. The van der Waals surface area contributed by atoms with Gasteiger partial charge in [0.15, 0.2) is 0 Å². The van der Waals surface area contributed by atoms with Crippen LogP contribution in [0.5, 0.6) is 0 Å². The van der Waals surface area contributed by atoms with Gasteiger partial charge in [-0.3, -0.25) is 0 Å². The van der Waals surface area contributed by atoms with Gasteiger partial charge in [0.25, 0.3) is 0 Å². The zero-order chi connectivity index (χ0) is 30.9. The molecule has 1 aliphatic rings. The van der Waals surface area contributed by atoms with Crippen molar-refractivity contribution in [2.75, 3.05) is 0 Å². The highest BCUT2D eigenvalue weighted by Crippen LogP contribution is 2.35. The number of carbonyl (C=O) groups excluding carboxylic acids is 2. The standard InChI is InChI=1S/C37H37N3O4/c1-27(2)34-33(23-29-21-19-28(3)20-22-29)40(37(42)44-26-32-17-11-6-12-18-32)35(39(34)24-30-13-7-4-8-14-30)38-36(41)43-25-31-15-9-5-10-16-31/h4-23,27,34H,24-26H2,1-3H3/b33-23+,38-35+. The predicted octanol–water partition coefficient (Wildman–Crippen LogP) is 8.21. The molecule has 0 bridgehead atoms. The molecule has 0 spiro atoms. The molecular weight excluding hydrogens is 550 g/mol. The Morgan fingerprint density at radius 3 is 1.82 bits per heavy atom. The lowest BCUT2D eigenvalue weighted by Crippen LogP contribution is -2.40. The number of aliphatic imine (C=N–C) groups is 1. The Bertz CT molecular complexity index is 1600. The van der Waals surface area contributed by atoms with Crippen molar-refractivity contribution < 1.29 is 19.1 Å². The first kappa shape index (κ1) is 30.3. The lowest BCUT2D eigenvalue weighted by Gasteiger charge is -2.28. The maximum Gasteiger partial charge on any atom is 0.437 e. The third-order valence-electron chi connectivity index (χ3n) is 7.36. The minimum Gasteiger partial charge on any atom is -0.444 e. The number of nitrogens with zero attached hydrogens (tertiary/aromatic N) is 3. The summed E-state index contributed by atoms with van der Waals surface area (Å²) in [7, 11) is 0. The molecule has 0 aliphatic carbocycles. The molecule has 0 N–H and O–H groups in total. The van der Waals surface area contributed by atoms with Crippen molar-refractivity contribution in [3.8, 4) is 0 Å². The molecule has 0 saturated carbocycles. The Kier molecular flexibility index (Phi) is 9.87. The summed E-state index contributed by atoms with van der Waals surface area (Å²) in [6.45, 7) is 6.77. The first-order chi connectivity index (χ1) is 21.4. The van der Waals surface area contributed by atoms with E-state index in [-0.39, 0.29) is 31.1 Å². The van der Waals surface area contributed by atoms with Gasteiger partial charge in [-0.1, -0.05) is 135 Å². The SMILES string of the molecule is Cc1ccc(/C=C2\C(C(C)C)N(Cc3ccccc3)/C(=N\C(=O)OCc3ccccc3)N2C(=O)OCc2ccccc2)cc1. The first-order valence-corrected chi connectivity index (χ1v) is 14.8. The molecule has 2 amide bonds. The molecule has 4 aromatic carbocycles. The molecular formula is C37H37N3O4. The molecule has 44 heavy (non-hydrogen) atoms. The van der Waals surface area contributed by atoms with Crippen LogP contribution < -0.4 is 0 Å². The number of aryl methyl sites for hydroxylation is 1. The Morgan fingerprint density at radius 2 is 1.27 bits per heavy atom. The van der Waals surface area contributed by atoms with Gasteiger partial charge in [-0.05, 0) is 41.2 Å². The fraction of sp³-hybridized carbons (Fsp3) is 0.216. The number of hydrogen-bond acceptors (Lipinski definition) is 4. The summed E-state index contributed by atoms with van der Waals surface area (Å²) in [6, 6.07) is 36.6. The number of ether oxygens (including phenoxy) is 2. The second-order valence-corrected chi connectivity index (χ2v) is 11.1. The largest absolute Gasteiger partial charge is 0.444 e. The normalized spacial score (nSPS) is 16.5. The van der Waals surface area contributed by atoms with Crippen molar-refractivity contribution in [2.24, 2.45) is 10.9 Å². The van der Waals surface area contributed by atoms with E-state index in [0.29, 0.717) is 12.2 Å².